The van der Waals surface area contributed by atoms with Gasteiger partial charge >= 0.3 is 94.3 Å². The van der Waals surface area contributed by atoms with Gasteiger partial charge in [-0.2, -0.15) is 140 Å². The molecule has 0 aliphatic carbocycles. The topological polar surface area (TPSA) is 57.6 Å². The minimum absolute atomic E-state index is 1.03. The molecule has 0 aromatic carbocycles. The molecule has 0 aliphatic rings. The van der Waals surface area contributed by atoms with Crippen molar-refractivity contribution in [3.05, 3.63) is 0 Å². The van der Waals surface area contributed by atoms with Crippen LogP contribution in [0.5, 0.6) is 0 Å². The van der Waals surface area contributed by atoms with Crippen molar-refractivity contribution < 1.29 is 158 Å². The fraction of sp³-hybridized carbons (Fsp3) is 1.00. The number of hydrogen-bond acceptors (Lipinski definition) is 3. The van der Waals surface area contributed by atoms with Crippen LogP contribution in [-0.2, 0) is 10.0 Å². The second kappa shape index (κ2) is 14.6. The Labute approximate surface area is 301 Å². The third kappa shape index (κ3) is 6.85. The van der Waals surface area contributed by atoms with Crippen molar-refractivity contribution in [3.63, 3.8) is 0 Å². The molecule has 0 saturated heterocycles. The van der Waals surface area contributed by atoms with Gasteiger partial charge in [0.2, 0.25) is 0 Å². The van der Waals surface area contributed by atoms with E-state index in [9.17, 15) is 131 Å². The normalized spacial score (nSPS) is 17.8. The lowest BCUT2D eigenvalue weighted by molar-refractivity contribution is -0.475. The molecule has 38 heteroatoms. The predicted octanol–water partition coefficient (Wildman–Crippen LogP) is 10.1. The number of rotatable bonds is 19. The zero-order chi connectivity index (χ0) is 48.9. The number of hydrogen-bond donors (Lipinski definition) is 1. The number of aliphatic hydroxyl groups is 1. The summed E-state index contributed by atoms with van der Waals surface area (Å²) in [4.78, 5) is 0. The average molecular weight is 985 g/mol. The Morgan fingerprint density at radius 2 is 0.525 bits per heavy atom. The first-order valence-corrected chi connectivity index (χ1v) is 14.7. The third-order valence-electron chi connectivity index (χ3n) is 7.50. The van der Waals surface area contributed by atoms with Gasteiger partial charge in [-0.15, -0.1) is 0 Å². The molecule has 0 saturated carbocycles. The van der Waals surface area contributed by atoms with Gasteiger partial charge in [-0.25, -0.2) is 17.1 Å². The molecular weight excluding hydrogens is 973 g/mol. The summed E-state index contributed by atoms with van der Waals surface area (Å²) in [6, 6.07) is 0. The molecular formula is C21H12F33NO3S. The molecule has 0 aliphatic heterocycles. The lowest BCUT2D eigenvalue weighted by Crippen LogP contribution is -2.82. The van der Waals surface area contributed by atoms with E-state index < -0.39 is 142 Å². The summed E-state index contributed by atoms with van der Waals surface area (Å²) >= 11 is 0. The van der Waals surface area contributed by atoms with Gasteiger partial charge in [-0.3, -0.25) is 0 Å². The summed E-state index contributed by atoms with van der Waals surface area (Å²) < 4.78 is 478. The summed E-state index contributed by atoms with van der Waals surface area (Å²) in [5, 5.41) is -1.45. The zero-order valence-corrected chi connectivity index (χ0v) is 27.2. The van der Waals surface area contributed by atoms with Crippen LogP contribution < -0.4 is 0 Å². The summed E-state index contributed by atoms with van der Waals surface area (Å²) in [6.45, 7) is -3.87. The highest BCUT2D eigenvalue weighted by atomic mass is 32.2. The third-order valence-corrected chi connectivity index (χ3v) is 9.73. The molecule has 0 rings (SSSR count). The summed E-state index contributed by atoms with van der Waals surface area (Å²) in [6.07, 6.45) is -19.7. The second-order valence-corrected chi connectivity index (χ2v) is 13.5. The van der Waals surface area contributed by atoms with E-state index in [1.54, 1.807) is 0 Å². The lowest BCUT2D eigenvalue weighted by atomic mass is 9.83. The molecule has 1 N–H and O–H groups in total. The van der Waals surface area contributed by atoms with Crippen LogP contribution in [0.15, 0.2) is 0 Å². The van der Waals surface area contributed by atoms with Crippen molar-refractivity contribution in [2.24, 2.45) is 0 Å². The fourth-order valence-corrected chi connectivity index (χ4v) is 5.54. The van der Waals surface area contributed by atoms with Gasteiger partial charge in [0.1, 0.15) is 0 Å². The number of alkyl halides is 33. The van der Waals surface area contributed by atoms with Crippen LogP contribution in [0, 0.1) is 0 Å². The molecule has 0 heterocycles. The van der Waals surface area contributed by atoms with Crippen molar-refractivity contribution in [1.82, 2.24) is 4.31 Å². The maximum absolute atomic E-state index is 15.9. The highest BCUT2D eigenvalue weighted by molar-refractivity contribution is 7.90. The fourth-order valence-electron chi connectivity index (χ4n) is 3.84. The number of sulfonamides is 1. The Morgan fingerprint density at radius 3 is 0.712 bits per heavy atom. The lowest BCUT2D eigenvalue weighted by Gasteiger charge is -2.49. The Kier molecular flexibility index (Phi) is 14.0. The van der Waals surface area contributed by atoms with E-state index in [0.29, 0.717) is 0 Å². The molecule has 0 aromatic rings. The first-order chi connectivity index (χ1) is 25.0. The zero-order valence-electron chi connectivity index (χ0n) is 26.4. The van der Waals surface area contributed by atoms with Crippen molar-refractivity contribution in [2.75, 3.05) is 20.2 Å². The molecule has 59 heavy (non-hydrogen) atoms. The van der Waals surface area contributed by atoms with E-state index in [-0.39, 0.29) is 0 Å². The average Bonchev–Trinajstić information content (AvgIpc) is 3.01. The number of nitrogens with zero attached hydrogens (tertiary/aromatic N) is 1. The minimum atomic E-state index is -10.3. The van der Waals surface area contributed by atoms with E-state index in [2.05, 4.69) is 0 Å². The quantitative estimate of drug-likeness (QED) is 0.104. The maximum Gasteiger partial charge on any atom is 0.460 e. The Bertz CT molecular complexity index is 1610. The molecule has 1 unspecified atom stereocenters. The predicted molar refractivity (Wildman–Crippen MR) is 118 cm³/mol. The van der Waals surface area contributed by atoms with Crippen LogP contribution >= 0.6 is 0 Å². The highest BCUT2D eigenvalue weighted by Gasteiger charge is 3.03. The Balaban J connectivity index is 8.79. The molecule has 0 amide bonds. The van der Waals surface area contributed by atoms with Crippen molar-refractivity contribution >= 4 is 10.0 Å². The van der Waals surface area contributed by atoms with Gasteiger partial charge in [0, 0.05) is 20.2 Å². The van der Waals surface area contributed by atoms with Crippen molar-refractivity contribution in [1.29, 1.82) is 0 Å². The van der Waals surface area contributed by atoms with Crippen LogP contribution in [0.4, 0.5) is 145 Å². The van der Waals surface area contributed by atoms with Crippen molar-refractivity contribution in [3.8, 4) is 0 Å². The smallest absolute Gasteiger partial charge is 0.396 e. The second-order valence-electron chi connectivity index (χ2n) is 11.3. The van der Waals surface area contributed by atoms with E-state index >= 15 is 22.0 Å². The Hall–Kier alpha value is -2.44. The molecule has 0 spiro atoms. The molecule has 0 radical (unpaired) electrons. The highest BCUT2D eigenvalue weighted by Crippen LogP contribution is 2.70. The molecule has 0 aromatic heterocycles. The summed E-state index contributed by atoms with van der Waals surface area (Å²) in [7, 11) is -10.5. The van der Waals surface area contributed by atoms with Gasteiger partial charge in [0.05, 0.1) is 0 Å². The van der Waals surface area contributed by atoms with Gasteiger partial charge in [-0.1, -0.05) is 0 Å². The van der Waals surface area contributed by atoms with Crippen LogP contribution in [0.25, 0.3) is 0 Å². The number of aliphatic hydroxyl groups excluding tert-OH is 1. The van der Waals surface area contributed by atoms with E-state index in [1.807, 2.05) is 0 Å². The van der Waals surface area contributed by atoms with E-state index in [4.69, 9.17) is 5.11 Å². The molecule has 0 bridgehead atoms. The van der Waals surface area contributed by atoms with E-state index in [0.717, 1.165) is 0 Å². The van der Waals surface area contributed by atoms with Crippen molar-refractivity contribution in [2.45, 2.75) is 107 Å². The summed E-state index contributed by atoms with van der Waals surface area (Å²) in [5.41, 5.74) is 0. The maximum atomic E-state index is 15.9. The van der Waals surface area contributed by atoms with Gasteiger partial charge < -0.3 is 5.11 Å². The van der Waals surface area contributed by atoms with Crippen LogP contribution in [0.3, 0.4) is 0 Å². The largest absolute Gasteiger partial charge is 0.460 e. The number of unbranched alkanes of at least 4 members (excludes halogenated alkanes) is 1. The SMILES string of the molecule is CN(CCCCO)S(=O)(=O)C(F)(C(F)(F)C(F)(F)C(F)(F)C(F)(F)C(F)(F)C(F)(F)C(F)(F)F)C(F)(F)C(F)(F)C(F)(F)C(F)(F)C(F)(F)C(F)(F)C(F)(F)C(F)(F)F. The number of halogens is 33. The van der Waals surface area contributed by atoms with Crippen LogP contribution in [0.2, 0.25) is 0 Å². The monoisotopic (exact) mass is 985 g/mol. The van der Waals surface area contributed by atoms with Crippen LogP contribution in [0.1, 0.15) is 12.8 Å². The standard InChI is InChI=1S/C21H12F33NO3S/c1-55(4-2-3-5-56)59(57,58)19(48,16(42,43)12(34,35)8(26,27)10(30,31)14(38,39)18(46,47)21(52,53)54)15(40,41)11(32,33)7(24,25)6(22,23)9(28,29)13(36,37)17(44,45)20(49,50)51/h56H,2-5H2,1H3. The molecule has 0 fully saturated rings. The van der Waals surface area contributed by atoms with Gasteiger partial charge in [-0.05, 0) is 12.8 Å². The summed E-state index contributed by atoms with van der Waals surface area (Å²) in [5.74, 6) is -128. The van der Waals surface area contributed by atoms with E-state index in [1.165, 1.54) is 0 Å². The van der Waals surface area contributed by atoms with Crippen LogP contribution in [-0.4, -0.2) is 132 Å². The van der Waals surface area contributed by atoms with Gasteiger partial charge in [0.25, 0.3) is 10.0 Å². The molecule has 356 valence electrons. The minimum Gasteiger partial charge on any atom is -0.396 e. The Morgan fingerprint density at radius 1 is 0.339 bits per heavy atom. The molecule has 1 atom stereocenters. The first kappa shape index (κ1) is 56.6. The molecule has 4 nitrogen and oxygen atoms in total. The van der Waals surface area contributed by atoms with Gasteiger partial charge in [0.15, 0.2) is 0 Å². The first-order valence-electron chi connectivity index (χ1n) is 13.3.